The first-order chi connectivity index (χ1) is 13.0. The lowest BCUT2D eigenvalue weighted by molar-refractivity contribution is -0.136. The molecule has 2 heterocycles. The SMILES string of the molecule is Cc1cccc(C)c1NC(=O)N1CCN(CC(=O)N2CCCCC2C)CC1. The van der Waals surface area contributed by atoms with Gasteiger partial charge in [0.1, 0.15) is 0 Å². The van der Waals surface area contributed by atoms with Crippen molar-refractivity contribution < 1.29 is 9.59 Å². The van der Waals surface area contributed by atoms with E-state index in [-0.39, 0.29) is 11.9 Å². The smallest absolute Gasteiger partial charge is 0.321 e. The first-order valence-corrected chi connectivity index (χ1v) is 10.1. The number of carbonyl (C=O) groups excluding carboxylic acids is 2. The summed E-state index contributed by atoms with van der Waals surface area (Å²) in [6, 6.07) is 6.32. The fraction of sp³-hybridized carbons (Fsp3) is 0.619. The number of hydrogen-bond acceptors (Lipinski definition) is 3. The van der Waals surface area contributed by atoms with Crippen LogP contribution in [0.3, 0.4) is 0 Å². The summed E-state index contributed by atoms with van der Waals surface area (Å²) in [6.07, 6.45) is 3.44. The fourth-order valence-corrected chi connectivity index (χ4v) is 4.06. The zero-order valence-corrected chi connectivity index (χ0v) is 16.8. The van der Waals surface area contributed by atoms with Crippen molar-refractivity contribution in [2.75, 3.05) is 44.6 Å². The number of urea groups is 1. The van der Waals surface area contributed by atoms with Crippen molar-refractivity contribution in [3.05, 3.63) is 29.3 Å². The second kappa shape index (κ2) is 8.74. The number of para-hydroxylation sites is 1. The van der Waals surface area contributed by atoms with Crippen LogP contribution in [0.2, 0.25) is 0 Å². The van der Waals surface area contributed by atoms with Gasteiger partial charge in [-0.05, 0) is 51.2 Å². The summed E-state index contributed by atoms with van der Waals surface area (Å²) in [6.45, 7) is 10.3. The van der Waals surface area contributed by atoms with Gasteiger partial charge in [0.25, 0.3) is 0 Å². The summed E-state index contributed by atoms with van der Waals surface area (Å²) in [7, 11) is 0. The Morgan fingerprint density at radius 3 is 2.33 bits per heavy atom. The Kier molecular flexibility index (Phi) is 6.37. The maximum atomic E-state index is 12.6. The van der Waals surface area contributed by atoms with E-state index in [1.165, 1.54) is 6.42 Å². The number of hydrogen-bond donors (Lipinski definition) is 1. The number of anilines is 1. The van der Waals surface area contributed by atoms with Crippen molar-refractivity contribution in [2.45, 2.75) is 46.1 Å². The zero-order chi connectivity index (χ0) is 19.4. The average molecular weight is 373 g/mol. The Morgan fingerprint density at radius 1 is 1.04 bits per heavy atom. The number of amides is 3. The molecule has 0 spiro atoms. The normalized spacial score (nSPS) is 21.2. The molecule has 2 saturated heterocycles. The lowest BCUT2D eigenvalue weighted by Crippen LogP contribution is -2.53. The van der Waals surface area contributed by atoms with E-state index >= 15 is 0 Å². The van der Waals surface area contributed by atoms with Crippen LogP contribution in [-0.2, 0) is 4.79 Å². The van der Waals surface area contributed by atoms with Crippen LogP contribution in [-0.4, -0.2) is 71.9 Å². The number of aryl methyl sites for hydroxylation is 2. The average Bonchev–Trinajstić information content (AvgIpc) is 2.65. The van der Waals surface area contributed by atoms with Crippen LogP contribution < -0.4 is 5.32 Å². The summed E-state index contributed by atoms with van der Waals surface area (Å²) in [4.78, 5) is 31.3. The van der Waals surface area contributed by atoms with Gasteiger partial charge in [-0.3, -0.25) is 9.69 Å². The van der Waals surface area contributed by atoms with Crippen LogP contribution in [0, 0.1) is 13.8 Å². The van der Waals surface area contributed by atoms with Crippen LogP contribution in [0.1, 0.15) is 37.3 Å². The van der Waals surface area contributed by atoms with Crippen molar-refractivity contribution in [2.24, 2.45) is 0 Å². The number of nitrogens with zero attached hydrogens (tertiary/aromatic N) is 3. The lowest BCUT2D eigenvalue weighted by Gasteiger charge is -2.38. The summed E-state index contributed by atoms with van der Waals surface area (Å²) < 4.78 is 0. The van der Waals surface area contributed by atoms with Crippen LogP contribution in [0.15, 0.2) is 18.2 Å². The van der Waals surface area contributed by atoms with E-state index in [1.54, 1.807) is 0 Å². The Bertz CT molecular complexity index is 663. The maximum Gasteiger partial charge on any atom is 0.321 e. The van der Waals surface area contributed by atoms with E-state index in [9.17, 15) is 9.59 Å². The molecule has 1 N–H and O–H groups in total. The molecule has 1 aromatic rings. The highest BCUT2D eigenvalue weighted by Gasteiger charge is 2.27. The van der Waals surface area contributed by atoms with Gasteiger partial charge in [-0.15, -0.1) is 0 Å². The molecule has 148 valence electrons. The molecule has 2 aliphatic rings. The van der Waals surface area contributed by atoms with Crippen LogP contribution >= 0.6 is 0 Å². The summed E-state index contributed by atoms with van der Waals surface area (Å²) in [5.74, 6) is 0.232. The van der Waals surface area contributed by atoms with E-state index in [0.717, 1.165) is 49.3 Å². The highest BCUT2D eigenvalue weighted by molar-refractivity contribution is 5.91. The van der Waals surface area contributed by atoms with Gasteiger partial charge >= 0.3 is 6.03 Å². The molecule has 2 fully saturated rings. The molecule has 0 aromatic heterocycles. The van der Waals surface area contributed by atoms with Gasteiger partial charge in [0.05, 0.1) is 6.54 Å². The molecule has 6 heteroatoms. The number of likely N-dealkylation sites (tertiary alicyclic amines) is 1. The summed E-state index contributed by atoms with van der Waals surface area (Å²) in [5, 5.41) is 3.05. The molecule has 3 amide bonds. The molecule has 2 aliphatic heterocycles. The number of nitrogens with one attached hydrogen (secondary N) is 1. The maximum absolute atomic E-state index is 12.6. The number of benzene rings is 1. The monoisotopic (exact) mass is 372 g/mol. The molecule has 1 atom stereocenters. The lowest BCUT2D eigenvalue weighted by atomic mass is 10.0. The molecule has 6 nitrogen and oxygen atoms in total. The predicted octanol–water partition coefficient (Wildman–Crippen LogP) is 2.85. The number of piperazine rings is 1. The van der Waals surface area contributed by atoms with Gasteiger partial charge < -0.3 is 15.1 Å². The van der Waals surface area contributed by atoms with Gasteiger partial charge in [-0.2, -0.15) is 0 Å². The van der Waals surface area contributed by atoms with Crippen LogP contribution in [0.4, 0.5) is 10.5 Å². The second-order valence-electron chi connectivity index (χ2n) is 7.89. The number of rotatable bonds is 3. The first-order valence-electron chi connectivity index (χ1n) is 10.1. The second-order valence-corrected chi connectivity index (χ2v) is 7.89. The highest BCUT2D eigenvalue weighted by atomic mass is 16.2. The van der Waals surface area contributed by atoms with Gasteiger partial charge in [-0.25, -0.2) is 4.79 Å². The summed E-state index contributed by atoms with van der Waals surface area (Å²) in [5.41, 5.74) is 3.05. The van der Waals surface area contributed by atoms with E-state index in [2.05, 4.69) is 17.1 Å². The van der Waals surface area contributed by atoms with E-state index in [4.69, 9.17) is 0 Å². The standard InChI is InChI=1S/C21H32N4O2/c1-16-7-6-8-17(2)20(16)22-21(27)24-13-11-23(12-14-24)15-19(26)25-10-5-4-9-18(25)3/h6-8,18H,4-5,9-15H2,1-3H3,(H,22,27). The molecule has 27 heavy (non-hydrogen) atoms. The van der Waals surface area contributed by atoms with Crippen molar-refractivity contribution in [1.82, 2.24) is 14.7 Å². The minimum atomic E-state index is -0.0528. The zero-order valence-electron chi connectivity index (χ0n) is 16.8. The van der Waals surface area contributed by atoms with Gasteiger partial charge in [0.15, 0.2) is 0 Å². The van der Waals surface area contributed by atoms with Crippen LogP contribution in [0.25, 0.3) is 0 Å². The van der Waals surface area contributed by atoms with Crippen molar-refractivity contribution in [1.29, 1.82) is 0 Å². The topological polar surface area (TPSA) is 55.9 Å². The molecule has 0 radical (unpaired) electrons. The molecular weight excluding hydrogens is 340 g/mol. The minimum Gasteiger partial charge on any atom is -0.339 e. The fourth-order valence-electron chi connectivity index (χ4n) is 4.06. The number of piperidine rings is 1. The molecule has 0 saturated carbocycles. The number of carbonyl (C=O) groups is 2. The molecule has 0 bridgehead atoms. The largest absolute Gasteiger partial charge is 0.339 e. The Hall–Kier alpha value is -2.08. The quantitative estimate of drug-likeness (QED) is 0.888. The Balaban J connectivity index is 1.48. The highest BCUT2D eigenvalue weighted by Crippen LogP contribution is 2.20. The van der Waals surface area contributed by atoms with E-state index in [0.29, 0.717) is 25.7 Å². The third-order valence-corrected chi connectivity index (χ3v) is 5.85. The molecule has 1 aromatic carbocycles. The summed E-state index contributed by atoms with van der Waals surface area (Å²) >= 11 is 0. The van der Waals surface area contributed by atoms with Gasteiger partial charge in [0, 0.05) is 44.5 Å². The third kappa shape index (κ3) is 4.80. The van der Waals surface area contributed by atoms with Gasteiger partial charge in [-0.1, -0.05) is 18.2 Å². The predicted molar refractivity (Wildman–Crippen MR) is 108 cm³/mol. The first kappa shape index (κ1) is 19.7. The molecule has 1 unspecified atom stereocenters. The van der Waals surface area contributed by atoms with Crippen molar-refractivity contribution >= 4 is 17.6 Å². The van der Waals surface area contributed by atoms with E-state index in [1.807, 2.05) is 41.8 Å². The van der Waals surface area contributed by atoms with E-state index < -0.39 is 0 Å². The Morgan fingerprint density at radius 2 is 1.70 bits per heavy atom. The third-order valence-electron chi connectivity index (χ3n) is 5.85. The van der Waals surface area contributed by atoms with Crippen LogP contribution in [0.5, 0.6) is 0 Å². The van der Waals surface area contributed by atoms with Gasteiger partial charge in [0.2, 0.25) is 5.91 Å². The Labute approximate surface area is 162 Å². The van der Waals surface area contributed by atoms with Crippen molar-refractivity contribution in [3.8, 4) is 0 Å². The molecule has 0 aliphatic carbocycles. The minimum absolute atomic E-state index is 0.0528. The van der Waals surface area contributed by atoms with Crippen molar-refractivity contribution in [3.63, 3.8) is 0 Å². The molecular formula is C21H32N4O2. The molecule has 3 rings (SSSR count).